The molecule has 1 aliphatic rings. The second-order valence-electron chi connectivity index (χ2n) is 5.58. The molecule has 0 atom stereocenters. The molecule has 0 aromatic carbocycles. The van der Waals surface area contributed by atoms with E-state index in [9.17, 15) is 14.4 Å². The Kier molecular flexibility index (Phi) is 5.12. The van der Waals surface area contributed by atoms with Crippen LogP contribution in [0.2, 0.25) is 0 Å². The van der Waals surface area contributed by atoms with Crippen molar-refractivity contribution in [2.24, 2.45) is 5.92 Å². The number of carbonyl (C=O) groups excluding carboxylic acids is 3. The zero-order valence-corrected chi connectivity index (χ0v) is 13.7. The lowest BCUT2D eigenvalue weighted by Gasteiger charge is -2.12. The van der Waals surface area contributed by atoms with Crippen molar-refractivity contribution in [3.63, 3.8) is 0 Å². The summed E-state index contributed by atoms with van der Waals surface area (Å²) in [7, 11) is 0. The molecule has 0 bridgehead atoms. The molecule has 1 aliphatic heterocycles. The number of nitrogens with one attached hydrogen (secondary N) is 2. The van der Waals surface area contributed by atoms with Gasteiger partial charge >= 0.3 is 6.03 Å². The summed E-state index contributed by atoms with van der Waals surface area (Å²) >= 11 is 1.40. The smallest absolute Gasteiger partial charge is 0.324 e. The minimum Gasteiger partial charge on any atom is -0.349 e. The third-order valence-electron chi connectivity index (χ3n) is 3.19. The Labute approximate surface area is 133 Å². The number of thiazole rings is 1. The molecule has 7 nitrogen and oxygen atoms in total. The molecule has 0 unspecified atom stereocenters. The minimum absolute atomic E-state index is 0.0271. The molecule has 2 heterocycles. The Hall–Kier alpha value is -1.96. The molecule has 0 saturated carbocycles. The van der Waals surface area contributed by atoms with Gasteiger partial charge in [0.25, 0.3) is 5.91 Å². The molecule has 0 spiro atoms. The molecule has 22 heavy (non-hydrogen) atoms. The number of rotatable bonds is 6. The van der Waals surface area contributed by atoms with Crippen LogP contribution >= 0.6 is 11.3 Å². The van der Waals surface area contributed by atoms with Crippen LogP contribution in [0.3, 0.4) is 0 Å². The summed E-state index contributed by atoms with van der Waals surface area (Å²) in [6.45, 7) is 6.46. The van der Waals surface area contributed by atoms with Gasteiger partial charge in [0.1, 0.15) is 4.88 Å². The summed E-state index contributed by atoms with van der Waals surface area (Å²) in [6.07, 6.45) is 0.848. The molecule has 1 aromatic rings. The summed E-state index contributed by atoms with van der Waals surface area (Å²) < 4.78 is 0. The highest BCUT2D eigenvalue weighted by molar-refractivity contribution is 7.13. The lowest BCUT2D eigenvalue weighted by atomic mass is 10.1. The summed E-state index contributed by atoms with van der Waals surface area (Å²) in [5, 5.41) is 6.12. The van der Waals surface area contributed by atoms with E-state index in [1.807, 2.05) is 6.92 Å². The van der Waals surface area contributed by atoms with Crippen LogP contribution in [0.4, 0.5) is 4.79 Å². The summed E-state index contributed by atoms with van der Waals surface area (Å²) in [4.78, 5) is 41.0. The van der Waals surface area contributed by atoms with Crippen LogP contribution in [-0.4, -0.2) is 47.4 Å². The largest absolute Gasteiger partial charge is 0.349 e. The normalized spacial score (nSPS) is 14.6. The van der Waals surface area contributed by atoms with Crippen LogP contribution in [0.25, 0.3) is 0 Å². The topological polar surface area (TPSA) is 91.4 Å². The Morgan fingerprint density at radius 3 is 2.77 bits per heavy atom. The predicted octanol–water partition coefficient (Wildman–Crippen LogP) is 0.932. The standard InChI is InChI=1S/C14H20N4O3S/c1-8(2)6-10-17-9(3)12(22-10)13(20)15-4-5-18-11(19)7-16-14(18)21/h8H,4-7H2,1-3H3,(H,15,20)(H,16,21). The summed E-state index contributed by atoms with van der Waals surface area (Å²) in [6, 6.07) is -0.410. The van der Waals surface area contributed by atoms with E-state index >= 15 is 0 Å². The average Bonchev–Trinajstić information content (AvgIpc) is 2.94. The van der Waals surface area contributed by atoms with Crippen LogP contribution in [0.1, 0.15) is 34.2 Å². The zero-order chi connectivity index (χ0) is 16.3. The highest BCUT2D eigenvalue weighted by Gasteiger charge is 2.28. The maximum atomic E-state index is 12.2. The van der Waals surface area contributed by atoms with Crippen molar-refractivity contribution in [3.05, 3.63) is 15.6 Å². The number of nitrogens with zero attached hydrogens (tertiary/aromatic N) is 2. The fraction of sp³-hybridized carbons (Fsp3) is 0.571. The molecule has 120 valence electrons. The molecule has 8 heteroatoms. The van der Waals surface area contributed by atoms with E-state index < -0.39 is 6.03 Å². The number of carbonyl (C=O) groups is 3. The van der Waals surface area contributed by atoms with Crippen LogP contribution in [0.15, 0.2) is 0 Å². The third kappa shape index (κ3) is 3.82. The summed E-state index contributed by atoms with van der Waals surface area (Å²) in [5.74, 6) is 0.00523. The lowest BCUT2D eigenvalue weighted by Crippen LogP contribution is -2.38. The maximum absolute atomic E-state index is 12.2. The predicted molar refractivity (Wildman–Crippen MR) is 82.8 cm³/mol. The molecule has 2 N–H and O–H groups in total. The van der Waals surface area contributed by atoms with Crippen LogP contribution in [0, 0.1) is 12.8 Å². The number of amides is 4. The quantitative estimate of drug-likeness (QED) is 0.762. The Morgan fingerprint density at radius 2 is 2.18 bits per heavy atom. The minimum atomic E-state index is -0.410. The third-order valence-corrected chi connectivity index (χ3v) is 4.37. The second-order valence-corrected chi connectivity index (χ2v) is 6.66. The van der Waals surface area contributed by atoms with Gasteiger partial charge in [0.2, 0.25) is 5.91 Å². The van der Waals surface area contributed by atoms with Gasteiger partial charge in [-0.1, -0.05) is 13.8 Å². The highest BCUT2D eigenvalue weighted by Crippen LogP contribution is 2.20. The summed E-state index contributed by atoms with van der Waals surface area (Å²) in [5.41, 5.74) is 0.716. The second kappa shape index (κ2) is 6.87. The van der Waals surface area contributed by atoms with Crippen LogP contribution in [-0.2, 0) is 11.2 Å². The first kappa shape index (κ1) is 16.4. The van der Waals surface area contributed by atoms with Gasteiger partial charge in [-0.05, 0) is 12.8 Å². The Balaban J connectivity index is 1.88. The molecule has 2 rings (SSSR count). The number of urea groups is 1. The molecule has 0 radical (unpaired) electrons. The first-order chi connectivity index (χ1) is 10.4. The van der Waals surface area contributed by atoms with Crippen molar-refractivity contribution in [1.82, 2.24) is 20.5 Å². The maximum Gasteiger partial charge on any atom is 0.324 e. The first-order valence-electron chi connectivity index (χ1n) is 7.21. The molecule has 1 aromatic heterocycles. The first-order valence-corrected chi connectivity index (χ1v) is 8.02. The number of aryl methyl sites for hydroxylation is 1. The molecular weight excluding hydrogens is 304 g/mol. The lowest BCUT2D eigenvalue weighted by molar-refractivity contribution is -0.124. The highest BCUT2D eigenvalue weighted by atomic mass is 32.1. The van der Waals surface area contributed by atoms with Gasteiger partial charge in [-0.15, -0.1) is 11.3 Å². The van der Waals surface area contributed by atoms with Crippen molar-refractivity contribution in [2.75, 3.05) is 19.6 Å². The van der Waals surface area contributed by atoms with Crippen molar-refractivity contribution in [2.45, 2.75) is 27.2 Å². The van der Waals surface area contributed by atoms with E-state index in [2.05, 4.69) is 29.5 Å². The number of hydrogen-bond acceptors (Lipinski definition) is 5. The van der Waals surface area contributed by atoms with Gasteiger partial charge in [-0.2, -0.15) is 0 Å². The van der Waals surface area contributed by atoms with Crippen molar-refractivity contribution in [1.29, 1.82) is 0 Å². The van der Waals surface area contributed by atoms with E-state index in [1.165, 1.54) is 11.3 Å². The van der Waals surface area contributed by atoms with E-state index in [1.54, 1.807) is 0 Å². The zero-order valence-electron chi connectivity index (χ0n) is 12.9. The van der Waals surface area contributed by atoms with E-state index in [-0.39, 0.29) is 31.4 Å². The van der Waals surface area contributed by atoms with Gasteiger partial charge in [0.05, 0.1) is 17.2 Å². The number of hydrogen-bond donors (Lipinski definition) is 2. The van der Waals surface area contributed by atoms with Gasteiger partial charge in [0.15, 0.2) is 0 Å². The van der Waals surface area contributed by atoms with E-state index in [0.29, 0.717) is 16.5 Å². The van der Waals surface area contributed by atoms with Crippen LogP contribution < -0.4 is 10.6 Å². The van der Waals surface area contributed by atoms with Gasteiger partial charge in [-0.25, -0.2) is 9.78 Å². The van der Waals surface area contributed by atoms with Gasteiger partial charge in [0, 0.05) is 19.5 Å². The van der Waals surface area contributed by atoms with Crippen molar-refractivity contribution in [3.8, 4) is 0 Å². The number of imide groups is 1. The van der Waals surface area contributed by atoms with E-state index in [0.717, 1.165) is 16.3 Å². The van der Waals surface area contributed by atoms with E-state index in [4.69, 9.17) is 0 Å². The SMILES string of the molecule is Cc1nc(CC(C)C)sc1C(=O)NCCN1C(=O)CNC1=O. The molecule has 1 fully saturated rings. The number of aromatic nitrogens is 1. The van der Waals surface area contributed by atoms with Crippen LogP contribution in [0.5, 0.6) is 0 Å². The fourth-order valence-corrected chi connectivity index (χ4v) is 3.34. The Bertz CT molecular complexity index is 581. The van der Waals surface area contributed by atoms with Crippen molar-refractivity contribution < 1.29 is 14.4 Å². The van der Waals surface area contributed by atoms with Gasteiger partial charge in [-0.3, -0.25) is 14.5 Å². The molecule has 0 aliphatic carbocycles. The average molecular weight is 324 g/mol. The fourth-order valence-electron chi connectivity index (χ4n) is 2.14. The molecular formula is C14H20N4O3S. The molecule has 1 saturated heterocycles. The van der Waals surface area contributed by atoms with Gasteiger partial charge < -0.3 is 10.6 Å². The van der Waals surface area contributed by atoms with Crippen molar-refractivity contribution >= 4 is 29.2 Å². The molecule has 4 amide bonds. The monoisotopic (exact) mass is 324 g/mol. The Morgan fingerprint density at radius 1 is 1.45 bits per heavy atom.